The molecule has 204 valence electrons. The number of aromatic nitrogens is 2. The summed E-state index contributed by atoms with van der Waals surface area (Å²) >= 11 is 0. The Hall–Kier alpha value is -2.74. The predicted octanol–water partition coefficient (Wildman–Crippen LogP) is 5.21. The minimum Gasteiger partial charge on any atom is -0.333 e. The molecule has 0 aliphatic carbocycles. The summed E-state index contributed by atoms with van der Waals surface area (Å²) in [6.45, 7) is 15.3. The van der Waals surface area contributed by atoms with Crippen LogP contribution in [0.15, 0.2) is 30.5 Å². The number of nitrogens with zero attached hydrogens (tertiary/aromatic N) is 5. The number of benzene rings is 1. The quantitative estimate of drug-likeness (QED) is 0.510. The molecule has 0 unspecified atom stereocenters. The average molecular weight is 514 g/mol. The van der Waals surface area contributed by atoms with E-state index in [4.69, 9.17) is 0 Å². The Morgan fingerprint density at radius 1 is 1.00 bits per heavy atom. The van der Waals surface area contributed by atoms with E-state index in [1.165, 1.54) is 12.1 Å². The fraction of sp³-hybridized carbons (Fsp3) is 0.621. The first-order valence-electron chi connectivity index (χ1n) is 13.8. The topological polar surface area (TPSA) is 61.7 Å². The summed E-state index contributed by atoms with van der Waals surface area (Å²) in [6, 6.07) is 6.34. The highest BCUT2D eigenvalue weighted by atomic mass is 19.1. The Kier molecular flexibility index (Phi) is 10.7. The largest absolute Gasteiger partial charge is 0.333 e. The lowest BCUT2D eigenvalue weighted by Gasteiger charge is -2.32. The first-order chi connectivity index (χ1) is 17.7. The lowest BCUT2D eigenvalue weighted by molar-refractivity contribution is -0.119. The molecule has 0 spiro atoms. The minimum absolute atomic E-state index is 0.0363. The third kappa shape index (κ3) is 8.12. The smallest absolute Gasteiger partial charge is 0.272 e. The molecule has 0 bridgehead atoms. The van der Waals surface area contributed by atoms with Crippen LogP contribution >= 0.6 is 0 Å². The van der Waals surface area contributed by atoms with Crippen molar-refractivity contribution >= 4 is 17.5 Å². The van der Waals surface area contributed by atoms with Gasteiger partial charge in [0, 0.05) is 51.0 Å². The number of rotatable bonds is 7. The van der Waals surface area contributed by atoms with Crippen LogP contribution in [0.5, 0.6) is 0 Å². The molecule has 37 heavy (non-hydrogen) atoms. The van der Waals surface area contributed by atoms with E-state index in [1.54, 1.807) is 27.9 Å². The van der Waals surface area contributed by atoms with Crippen LogP contribution in [0, 0.1) is 17.7 Å². The number of anilines is 1. The Balaban J connectivity index is 2.01. The van der Waals surface area contributed by atoms with E-state index in [0.717, 1.165) is 38.9 Å². The third-order valence-corrected chi connectivity index (χ3v) is 6.62. The maximum atomic E-state index is 14.5. The SMILES string of the molecule is CCCn1nccc1C(=O)N1CCCN(CC(C)C)CCCN(C(=O)CC(C)C)c2ccc(F)cc2C1. The van der Waals surface area contributed by atoms with Gasteiger partial charge in [0.05, 0.1) is 0 Å². The van der Waals surface area contributed by atoms with Crippen molar-refractivity contribution in [3.05, 3.63) is 47.5 Å². The second kappa shape index (κ2) is 13.7. The number of aryl methyl sites for hydroxylation is 1. The highest BCUT2D eigenvalue weighted by Gasteiger charge is 2.26. The molecular weight excluding hydrogens is 469 g/mol. The van der Waals surface area contributed by atoms with Crippen LogP contribution in [-0.2, 0) is 17.9 Å². The highest BCUT2D eigenvalue weighted by Crippen LogP contribution is 2.27. The summed E-state index contributed by atoms with van der Waals surface area (Å²) in [4.78, 5) is 33.2. The predicted molar refractivity (Wildman–Crippen MR) is 146 cm³/mol. The van der Waals surface area contributed by atoms with Gasteiger partial charge in [-0.25, -0.2) is 4.39 Å². The first kappa shape index (κ1) is 28.8. The monoisotopic (exact) mass is 513 g/mol. The fourth-order valence-electron chi connectivity index (χ4n) is 5.06. The van der Waals surface area contributed by atoms with Crippen molar-refractivity contribution in [1.29, 1.82) is 0 Å². The molecule has 1 aromatic heterocycles. The van der Waals surface area contributed by atoms with E-state index in [9.17, 15) is 14.0 Å². The van der Waals surface area contributed by atoms with Gasteiger partial charge in [-0.05, 0) is 74.0 Å². The molecule has 7 nitrogen and oxygen atoms in total. The van der Waals surface area contributed by atoms with Crippen LogP contribution in [0.4, 0.5) is 10.1 Å². The molecule has 0 fully saturated rings. The Morgan fingerprint density at radius 2 is 1.73 bits per heavy atom. The second-order valence-corrected chi connectivity index (χ2v) is 11.0. The maximum Gasteiger partial charge on any atom is 0.272 e. The van der Waals surface area contributed by atoms with Crippen LogP contribution in [0.25, 0.3) is 0 Å². The van der Waals surface area contributed by atoms with E-state index >= 15 is 0 Å². The zero-order chi connectivity index (χ0) is 26.9. The number of amides is 2. The molecule has 0 N–H and O–H groups in total. The molecule has 0 radical (unpaired) electrons. The number of hydrogen-bond donors (Lipinski definition) is 0. The zero-order valence-electron chi connectivity index (χ0n) is 23.3. The standard InChI is InChI=1S/C29H44FN5O2/c1-6-13-35-27(11-12-31-35)29(37)33-16-7-14-32(20-23(4)5)15-8-17-34(28(36)18-22(2)3)26-10-9-25(30)19-24(26)21-33/h9-12,19,22-23H,6-8,13-18,20-21H2,1-5H3. The van der Waals surface area contributed by atoms with Gasteiger partial charge in [-0.15, -0.1) is 0 Å². The molecule has 1 aliphatic rings. The van der Waals surface area contributed by atoms with E-state index in [1.807, 2.05) is 18.7 Å². The minimum atomic E-state index is -0.367. The maximum absolute atomic E-state index is 14.5. The normalized spacial score (nSPS) is 16.0. The van der Waals surface area contributed by atoms with Crippen molar-refractivity contribution in [1.82, 2.24) is 19.6 Å². The van der Waals surface area contributed by atoms with Gasteiger partial charge in [0.2, 0.25) is 5.91 Å². The van der Waals surface area contributed by atoms with Gasteiger partial charge in [0.15, 0.2) is 0 Å². The van der Waals surface area contributed by atoms with Gasteiger partial charge in [-0.2, -0.15) is 5.10 Å². The highest BCUT2D eigenvalue weighted by molar-refractivity contribution is 5.95. The second-order valence-electron chi connectivity index (χ2n) is 11.0. The molecular formula is C29H44FN5O2. The summed E-state index contributed by atoms with van der Waals surface area (Å²) in [5.74, 6) is 0.292. The molecule has 2 aromatic rings. The van der Waals surface area contributed by atoms with Crippen LogP contribution in [0.2, 0.25) is 0 Å². The fourth-order valence-corrected chi connectivity index (χ4v) is 5.06. The van der Waals surface area contributed by atoms with Gasteiger partial charge >= 0.3 is 0 Å². The van der Waals surface area contributed by atoms with Crippen LogP contribution in [-0.4, -0.2) is 64.1 Å². The summed E-state index contributed by atoms with van der Waals surface area (Å²) in [6.07, 6.45) is 4.61. The molecule has 2 heterocycles. The summed E-state index contributed by atoms with van der Waals surface area (Å²) < 4.78 is 16.2. The number of fused-ring (bicyclic) bond motifs is 1. The Bertz CT molecular complexity index is 1040. The van der Waals surface area contributed by atoms with Gasteiger partial charge in [0.1, 0.15) is 11.5 Å². The molecule has 3 rings (SSSR count). The lowest BCUT2D eigenvalue weighted by atomic mass is 10.1. The molecule has 8 heteroatoms. The summed E-state index contributed by atoms with van der Waals surface area (Å²) in [5, 5.41) is 4.34. The Labute approximate surface area is 221 Å². The van der Waals surface area contributed by atoms with Crippen molar-refractivity contribution in [2.24, 2.45) is 11.8 Å². The van der Waals surface area contributed by atoms with Crippen LogP contribution in [0.1, 0.15) is 76.4 Å². The zero-order valence-corrected chi connectivity index (χ0v) is 23.3. The third-order valence-electron chi connectivity index (χ3n) is 6.62. The first-order valence-corrected chi connectivity index (χ1v) is 13.8. The van der Waals surface area contributed by atoms with Gasteiger partial charge in [-0.1, -0.05) is 34.6 Å². The van der Waals surface area contributed by atoms with Crippen LogP contribution in [0.3, 0.4) is 0 Å². The van der Waals surface area contributed by atoms with Crippen molar-refractivity contribution in [2.45, 2.75) is 73.4 Å². The van der Waals surface area contributed by atoms with Gasteiger partial charge < -0.3 is 14.7 Å². The summed E-state index contributed by atoms with van der Waals surface area (Å²) in [7, 11) is 0. The molecule has 0 saturated carbocycles. The number of carbonyl (C=O) groups excluding carboxylic acids is 2. The van der Waals surface area contributed by atoms with E-state index in [2.05, 4.69) is 30.8 Å². The lowest BCUT2D eigenvalue weighted by Crippen LogP contribution is -2.40. The Morgan fingerprint density at radius 3 is 2.41 bits per heavy atom. The van der Waals surface area contributed by atoms with Gasteiger partial charge in [-0.3, -0.25) is 14.3 Å². The number of hydrogen-bond acceptors (Lipinski definition) is 4. The van der Waals surface area contributed by atoms with Crippen molar-refractivity contribution in [3.63, 3.8) is 0 Å². The molecule has 2 amide bonds. The molecule has 1 aromatic carbocycles. The summed E-state index contributed by atoms with van der Waals surface area (Å²) in [5.41, 5.74) is 1.90. The molecule has 1 aliphatic heterocycles. The number of carbonyl (C=O) groups is 2. The average Bonchev–Trinajstić information content (AvgIpc) is 3.28. The van der Waals surface area contributed by atoms with E-state index < -0.39 is 0 Å². The molecule has 0 atom stereocenters. The van der Waals surface area contributed by atoms with Crippen molar-refractivity contribution in [2.75, 3.05) is 37.6 Å². The van der Waals surface area contributed by atoms with E-state index in [-0.39, 0.29) is 30.1 Å². The van der Waals surface area contributed by atoms with Crippen LogP contribution < -0.4 is 4.90 Å². The number of halogens is 1. The van der Waals surface area contributed by atoms with E-state index in [0.29, 0.717) is 48.9 Å². The van der Waals surface area contributed by atoms with Crippen molar-refractivity contribution < 1.29 is 14.0 Å². The molecule has 0 saturated heterocycles. The van der Waals surface area contributed by atoms with Crippen molar-refractivity contribution in [3.8, 4) is 0 Å². The van der Waals surface area contributed by atoms with Gasteiger partial charge in [0.25, 0.3) is 5.91 Å².